The summed E-state index contributed by atoms with van der Waals surface area (Å²) in [4.78, 5) is 37.9. The van der Waals surface area contributed by atoms with Gasteiger partial charge < -0.3 is 10.6 Å². The summed E-state index contributed by atoms with van der Waals surface area (Å²) in [6, 6.07) is 8.84. The summed E-state index contributed by atoms with van der Waals surface area (Å²) in [5.74, 6) is -0.529. The quantitative estimate of drug-likeness (QED) is 0.453. The van der Waals surface area contributed by atoms with E-state index < -0.39 is 4.92 Å². The monoisotopic (exact) mass is 342 g/mol. The Hall–Kier alpha value is -3.29. The maximum Gasteiger partial charge on any atom is 0.269 e. The maximum absolute atomic E-state index is 11.9. The number of benzene rings is 1. The molecule has 130 valence electrons. The number of rotatable bonds is 7. The molecule has 2 rings (SSSR count). The zero-order valence-electron chi connectivity index (χ0n) is 13.7. The molecule has 1 aromatic heterocycles. The lowest BCUT2D eigenvalue weighted by Gasteiger charge is -2.07. The van der Waals surface area contributed by atoms with E-state index in [1.54, 1.807) is 12.1 Å². The predicted octanol–water partition coefficient (Wildman–Crippen LogP) is 1.85. The highest BCUT2D eigenvalue weighted by atomic mass is 16.6. The molecule has 2 amide bonds. The molecule has 0 saturated heterocycles. The number of hydrogen-bond acceptors (Lipinski definition) is 5. The van der Waals surface area contributed by atoms with Gasteiger partial charge in [0.15, 0.2) is 0 Å². The number of nitrogens with one attached hydrogen (secondary N) is 2. The van der Waals surface area contributed by atoms with Gasteiger partial charge in [-0.15, -0.1) is 0 Å². The van der Waals surface area contributed by atoms with E-state index in [4.69, 9.17) is 0 Å². The van der Waals surface area contributed by atoms with Crippen molar-refractivity contribution >= 4 is 17.5 Å². The van der Waals surface area contributed by atoms with Crippen LogP contribution in [0, 0.1) is 17.0 Å². The summed E-state index contributed by atoms with van der Waals surface area (Å²) in [7, 11) is 0. The van der Waals surface area contributed by atoms with E-state index in [1.807, 2.05) is 6.92 Å². The van der Waals surface area contributed by atoms with Gasteiger partial charge in [0.05, 0.1) is 10.5 Å². The molecular weight excluding hydrogens is 324 g/mol. The van der Waals surface area contributed by atoms with Crippen LogP contribution in [0.15, 0.2) is 42.6 Å². The second kappa shape index (κ2) is 8.53. The number of amides is 2. The fourth-order valence-electron chi connectivity index (χ4n) is 2.03. The van der Waals surface area contributed by atoms with Crippen molar-refractivity contribution in [2.75, 3.05) is 13.1 Å². The standard InChI is InChI=1S/C17H18N4O4/c1-12-3-4-14(11-20-12)17(23)19-10-2-9-18-16(22)13-5-7-15(8-6-13)21(24)25/h3-8,11H,2,9-10H2,1H3,(H,18,22)(H,19,23). The van der Waals surface area contributed by atoms with Gasteiger partial charge in [-0.05, 0) is 37.6 Å². The van der Waals surface area contributed by atoms with Crippen molar-refractivity contribution in [1.82, 2.24) is 15.6 Å². The fourth-order valence-corrected chi connectivity index (χ4v) is 2.03. The first-order valence-electron chi connectivity index (χ1n) is 7.71. The molecule has 0 fully saturated rings. The molecule has 0 bridgehead atoms. The Balaban J connectivity index is 1.70. The van der Waals surface area contributed by atoms with Crippen molar-refractivity contribution in [1.29, 1.82) is 0 Å². The Bertz CT molecular complexity index is 757. The summed E-state index contributed by atoms with van der Waals surface area (Å²) >= 11 is 0. The third-order valence-corrected chi connectivity index (χ3v) is 3.44. The number of non-ortho nitro benzene ring substituents is 1. The van der Waals surface area contributed by atoms with E-state index in [0.29, 0.717) is 30.6 Å². The van der Waals surface area contributed by atoms with E-state index in [9.17, 15) is 19.7 Å². The lowest BCUT2D eigenvalue weighted by Crippen LogP contribution is -2.30. The van der Waals surface area contributed by atoms with E-state index >= 15 is 0 Å². The second-order valence-electron chi connectivity index (χ2n) is 5.36. The summed E-state index contributed by atoms with van der Waals surface area (Å²) in [6.07, 6.45) is 2.07. The van der Waals surface area contributed by atoms with Crippen LogP contribution in [0.1, 0.15) is 32.8 Å². The normalized spacial score (nSPS) is 10.1. The van der Waals surface area contributed by atoms with Crippen molar-refractivity contribution < 1.29 is 14.5 Å². The topological polar surface area (TPSA) is 114 Å². The van der Waals surface area contributed by atoms with Crippen molar-refractivity contribution in [3.8, 4) is 0 Å². The zero-order chi connectivity index (χ0) is 18.2. The van der Waals surface area contributed by atoms with Gasteiger partial charge in [-0.2, -0.15) is 0 Å². The average molecular weight is 342 g/mol. The maximum atomic E-state index is 11.9. The minimum atomic E-state index is -0.520. The molecule has 0 atom stereocenters. The number of carbonyl (C=O) groups is 2. The Labute approximate surface area is 144 Å². The van der Waals surface area contributed by atoms with E-state index in [-0.39, 0.29) is 17.5 Å². The first-order chi connectivity index (χ1) is 12.0. The largest absolute Gasteiger partial charge is 0.352 e. The van der Waals surface area contributed by atoms with Crippen molar-refractivity contribution in [2.45, 2.75) is 13.3 Å². The third kappa shape index (κ3) is 5.38. The highest BCUT2D eigenvalue weighted by Crippen LogP contribution is 2.11. The van der Waals surface area contributed by atoms with Crippen LogP contribution in [0.4, 0.5) is 5.69 Å². The van der Waals surface area contributed by atoms with Crippen LogP contribution in [0.5, 0.6) is 0 Å². The Morgan fingerprint density at radius 3 is 2.08 bits per heavy atom. The number of aromatic nitrogens is 1. The van der Waals surface area contributed by atoms with Gasteiger partial charge in [0.25, 0.3) is 17.5 Å². The zero-order valence-corrected chi connectivity index (χ0v) is 13.7. The predicted molar refractivity (Wildman–Crippen MR) is 91.4 cm³/mol. The minimum absolute atomic E-state index is 0.0649. The van der Waals surface area contributed by atoms with E-state index in [2.05, 4.69) is 15.6 Å². The number of aryl methyl sites for hydroxylation is 1. The van der Waals surface area contributed by atoms with Crippen molar-refractivity contribution in [2.24, 2.45) is 0 Å². The van der Waals surface area contributed by atoms with Crippen LogP contribution < -0.4 is 10.6 Å². The molecule has 0 unspecified atom stereocenters. The molecule has 1 aromatic carbocycles. The molecule has 25 heavy (non-hydrogen) atoms. The SMILES string of the molecule is Cc1ccc(C(=O)NCCCNC(=O)c2ccc([N+](=O)[O-])cc2)cn1. The summed E-state index contributed by atoms with van der Waals surface area (Å²) < 4.78 is 0. The highest BCUT2D eigenvalue weighted by Gasteiger charge is 2.09. The van der Waals surface area contributed by atoms with E-state index in [1.165, 1.54) is 30.5 Å². The summed E-state index contributed by atoms with van der Waals surface area (Å²) in [5, 5.41) is 16.0. The number of nitro groups is 1. The van der Waals surface area contributed by atoms with Crippen LogP contribution in [-0.2, 0) is 0 Å². The number of pyridine rings is 1. The van der Waals surface area contributed by atoms with Gasteiger partial charge in [-0.3, -0.25) is 24.7 Å². The molecule has 8 nitrogen and oxygen atoms in total. The molecule has 0 radical (unpaired) electrons. The average Bonchev–Trinajstić information content (AvgIpc) is 2.61. The summed E-state index contributed by atoms with van der Waals surface area (Å²) in [5.41, 5.74) is 1.61. The Morgan fingerprint density at radius 2 is 1.56 bits per heavy atom. The van der Waals surface area contributed by atoms with Gasteiger partial charge in [0.2, 0.25) is 0 Å². The highest BCUT2D eigenvalue weighted by molar-refractivity contribution is 5.94. The van der Waals surface area contributed by atoms with Crippen LogP contribution in [0.2, 0.25) is 0 Å². The molecule has 1 heterocycles. The van der Waals surface area contributed by atoms with Crippen LogP contribution in [0.3, 0.4) is 0 Å². The molecule has 0 saturated carbocycles. The molecule has 0 spiro atoms. The summed E-state index contributed by atoms with van der Waals surface area (Å²) in [6.45, 7) is 2.63. The molecule has 8 heteroatoms. The number of carbonyl (C=O) groups excluding carboxylic acids is 2. The molecule has 2 aromatic rings. The Morgan fingerprint density at radius 1 is 1.00 bits per heavy atom. The molecule has 2 N–H and O–H groups in total. The molecule has 0 aliphatic heterocycles. The van der Waals surface area contributed by atoms with Gasteiger partial charge in [0.1, 0.15) is 0 Å². The number of hydrogen-bond donors (Lipinski definition) is 2. The van der Waals surface area contributed by atoms with Gasteiger partial charge >= 0.3 is 0 Å². The van der Waals surface area contributed by atoms with Crippen molar-refractivity contribution in [3.05, 3.63) is 69.5 Å². The fraction of sp³-hybridized carbons (Fsp3) is 0.235. The first-order valence-corrected chi connectivity index (χ1v) is 7.71. The van der Waals surface area contributed by atoms with Crippen molar-refractivity contribution in [3.63, 3.8) is 0 Å². The van der Waals surface area contributed by atoms with Crippen LogP contribution >= 0.6 is 0 Å². The molecule has 0 aliphatic rings. The molecule has 0 aliphatic carbocycles. The lowest BCUT2D eigenvalue weighted by atomic mass is 10.2. The first kappa shape index (κ1) is 18.1. The van der Waals surface area contributed by atoms with Gasteiger partial charge in [-0.1, -0.05) is 0 Å². The smallest absolute Gasteiger partial charge is 0.269 e. The Kier molecular flexibility index (Phi) is 6.16. The lowest BCUT2D eigenvalue weighted by molar-refractivity contribution is -0.384. The molecular formula is C17H18N4O4. The van der Waals surface area contributed by atoms with Crippen LogP contribution in [0.25, 0.3) is 0 Å². The van der Waals surface area contributed by atoms with Gasteiger partial charge in [-0.25, -0.2) is 0 Å². The van der Waals surface area contributed by atoms with E-state index in [0.717, 1.165) is 5.69 Å². The second-order valence-corrected chi connectivity index (χ2v) is 5.36. The number of nitrogens with zero attached hydrogens (tertiary/aromatic N) is 2. The number of nitro benzene ring substituents is 1. The van der Waals surface area contributed by atoms with Crippen LogP contribution in [-0.4, -0.2) is 34.8 Å². The van der Waals surface area contributed by atoms with Gasteiger partial charge in [0, 0.05) is 42.7 Å². The third-order valence-electron chi connectivity index (χ3n) is 3.44. The minimum Gasteiger partial charge on any atom is -0.352 e.